The standard InChI is InChI=1S/C23H25NO3/c1-3-17(2)24-20(10-4-18-5-11-21(25)12-6-18)16-23(27)15-9-19-7-13-22(26)14-8-19/h4-17,24-26H,3H2,1-2H3/b10-4+,15-9+,20-16-. The fourth-order valence-corrected chi connectivity index (χ4v) is 2.26. The molecule has 0 saturated carbocycles. The van der Waals surface area contributed by atoms with Crippen molar-refractivity contribution in [3.8, 4) is 11.5 Å². The van der Waals surface area contributed by atoms with E-state index in [4.69, 9.17) is 0 Å². The van der Waals surface area contributed by atoms with E-state index in [1.165, 1.54) is 6.08 Å². The van der Waals surface area contributed by atoms with Crippen LogP contribution in [-0.2, 0) is 4.79 Å². The van der Waals surface area contributed by atoms with Crippen molar-refractivity contribution in [1.29, 1.82) is 0 Å². The van der Waals surface area contributed by atoms with Gasteiger partial charge >= 0.3 is 0 Å². The van der Waals surface area contributed by atoms with E-state index in [2.05, 4.69) is 19.2 Å². The van der Waals surface area contributed by atoms with Gasteiger partial charge < -0.3 is 15.5 Å². The molecule has 0 heterocycles. The van der Waals surface area contributed by atoms with Crippen LogP contribution in [0.4, 0.5) is 0 Å². The van der Waals surface area contributed by atoms with Gasteiger partial charge in [0.1, 0.15) is 11.5 Å². The lowest BCUT2D eigenvalue weighted by Crippen LogP contribution is -2.24. The van der Waals surface area contributed by atoms with E-state index in [1.54, 1.807) is 60.7 Å². The van der Waals surface area contributed by atoms with Gasteiger partial charge in [0.25, 0.3) is 0 Å². The van der Waals surface area contributed by atoms with Crippen LogP contribution in [0.25, 0.3) is 12.2 Å². The van der Waals surface area contributed by atoms with E-state index in [-0.39, 0.29) is 23.3 Å². The molecule has 2 aromatic rings. The first-order valence-corrected chi connectivity index (χ1v) is 8.92. The summed E-state index contributed by atoms with van der Waals surface area (Å²) in [5.74, 6) is 0.275. The zero-order valence-corrected chi connectivity index (χ0v) is 15.6. The number of nitrogens with one attached hydrogen (secondary N) is 1. The van der Waals surface area contributed by atoms with Gasteiger partial charge in [0.15, 0.2) is 5.78 Å². The lowest BCUT2D eigenvalue weighted by molar-refractivity contribution is -0.110. The van der Waals surface area contributed by atoms with Crippen molar-refractivity contribution in [2.75, 3.05) is 0 Å². The molecule has 0 aliphatic heterocycles. The monoisotopic (exact) mass is 363 g/mol. The van der Waals surface area contributed by atoms with Gasteiger partial charge in [-0.2, -0.15) is 0 Å². The molecule has 140 valence electrons. The molecule has 0 radical (unpaired) electrons. The summed E-state index contributed by atoms with van der Waals surface area (Å²) in [6, 6.07) is 13.7. The number of rotatable bonds is 8. The van der Waals surface area contributed by atoms with E-state index in [0.29, 0.717) is 0 Å². The maximum atomic E-state index is 12.3. The molecular weight excluding hydrogens is 338 g/mol. The number of hydrogen-bond donors (Lipinski definition) is 3. The molecule has 3 N–H and O–H groups in total. The predicted octanol–water partition coefficient (Wildman–Crippen LogP) is 4.67. The zero-order valence-electron chi connectivity index (χ0n) is 15.6. The lowest BCUT2D eigenvalue weighted by Gasteiger charge is -2.13. The Balaban J connectivity index is 2.14. The first kappa shape index (κ1) is 20.0. The maximum Gasteiger partial charge on any atom is 0.180 e. The van der Waals surface area contributed by atoms with Crippen molar-refractivity contribution in [1.82, 2.24) is 5.32 Å². The van der Waals surface area contributed by atoms with E-state index in [0.717, 1.165) is 23.2 Å². The summed E-state index contributed by atoms with van der Waals surface area (Å²) >= 11 is 0. The van der Waals surface area contributed by atoms with Gasteiger partial charge in [-0.05, 0) is 60.9 Å². The van der Waals surface area contributed by atoms with Crippen LogP contribution in [0.1, 0.15) is 31.4 Å². The highest BCUT2D eigenvalue weighted by molar-refractivity contribution is 6.02. The Hall–Kier alpha value is -3.27. The number of phenolic OH excluding ortho intramolecular Hbond substituents is 2. The SMILES string of the molecule is CCC(C)NC(=C\C(=O)/C=C/c1ccc(O)cc1)/C=C/c1ccc(O)cc1. The summed E-state index contributed by atoms with van der Waals surface area (Å²) in [6.07, 6.45) is 9.44. The van der Waals surface area contributed by atoms with Crippen molar-refractivity contribution >= 4 is 17.9 Å². The molecule has 1 unspecified atom stereocenters. The number of allylic oxidation sites excluding steroid dienone is 3. The molecule has 0 aromatic heterocycles. The second-order valence-corrected chi connectivity index (χ2v) is 6.31. The Morgan fingerprint density at radius 1 is 0.926 bits per heavy atom. The predicted molar refractivity (Wildman–Crippen MR) is 110 cm³/mol. The molecule has 0 spiro atoms. The second-order valence-electron chi connectivity index (χ2n) is 6.31. The number of hydrogen-bond acceptors (Lipinski definition) is 4. The van der Waals surface area contributed by atoms with Crippen molar-refractivity contribution in [2.24, 2.45) is 0 Å². The van der Waals surface area contributed by atoms with Crippen molar-refractivity contribution in [3.63, 3.8) is 0 Å². The van der Waals surface area contributed by atoms with Crippen LogP contribution in [0.3, 0.4) is 0 Å². The molecule has 0 bridgehead atoms. The van der Waals surface area contributed by atoms with Gasteiger partial charge in [-0.3, -0.25) is 4.79 Å². The van der Waals surface area contributed by atoms with Crippen LogP contribution >= 0.6 is 0 Å². The quantitative estimate of drug-likeness (QED) is 0.471. The molecule has 2 rings (SSSR count). The average Bonchev–Trinajstić information content (AvgIpc) is 2.66. The van der Waals surface area contributed by atoms with Gasteiger partial charge in [0.05, 0.1) is 0 Å². The summed E-state index contributed by atoms with van der Waals surface area (Å²) in [7, 11) is 0. The first-order valence-electron chi connectivity index (χ1n) is 8.92. The summed E-state index contributed by atoms with van der Waals surface area (Å²) < 4.78 is 0. The van der Waals surface area contributed by atoms with Crippen molar-refractivity contribution < 1.29 is 15.0 Å². The molecule has 0 amide bonds. The number of phenols is 2. The largest absolute Gasteiger partial charge is 0.508 e. The molecule has 27 heavy (non-hydrogen) atoms. The third-order valence-corrected chi connectivity index (χ3v) is 4.00. The van der Waals surface area contributed by atoms with E-state index in [1.807, 2.05) is 12.2 Å². The third kappa shape index (κ3) is 7.24. The highest BCUT2D eigenvalue weighted by Crippen LogP contribution is 2.13. The highest BCUT2D eigenvalue weighted by atomic mass is 16.3. The Labute approximate surface area is 160 Å². The smallest absolute Gasteiger partial charge is 0.180 e. The molecule has 0 aliphatic rings. The van der Waals surface area contributed by atoms with Gasteiger partial charge in [-0.1, -0.05) is 43.3 Å². The van der Waals surface area contributed by atoms with Crippen LogP contribution in [0.5, 0.6) is 11.5 Å². The molecule has 0 fully saturated rings. The number of ketones is 1. The topological polar surface area (TPSA) is 69.6 Å². The Bertz CT molecular complexity index is 831. The molecule has 2 aromatic carbocycles. The normalized spacial score (nSPS) is 13.2. The fourth-order valence-electron chi connectivity index (χ4n) is 2.26. The van der Waals surface area contributed by atoms with E-state index in [9.17, 15) is 15.0 Å². The second kappa shape index (κ2) is 10.0. The van der Waals surface area contributed by atoms with Crippen LogP contribution in [0.15, 0.2) is 72.5 Å². The average molecular weight is 363 g/mol. The van der Waals surface area contributed by atoms with E-state index >= 15 is 0 Å². The van der Waals surface area contributed by atoms with Gasteiger partial charge in [-0.15, -0.1) is 0 Å². The van der Waals surface area contributed by atoms with Gasteiger partial charge in [0.2, 0.25) is 0 Å². The zero-order chi connectivity index (χ0) is 19.6. The summed E-state index contributed by atoms with van der Waals surface area (Å²) in [5, 5.41) is 22.0. The minimum Gasteiger partial charge on any atom is -0.508 e. The minimum absolute atomic E-state index is 0.135. The summed E-state index contributed by atoms with van der Waals surface area (Å²) in [6.45, 7) is 4.13. The number of aromatic hydroxyl groups is 2. The molecule has 1 atom stereocenters. The van der Waals surface area contributed by atoms with Crippen LogP contribution in [0, 0.1) is 0 Å². The van der Waals surface area contributed by atoms with Crippen LogP contribution in [0.2, 0.25) is 0 Å². The van der Waals surface area contributed by atoms with Crippen molar-refractivity contribution in [3.05, 3.63) is 83.6 Å². The summed E-state index contributed by atoms with van der Waals surface area (Å²) in [4.78, 5) is 12.3. The van der Waals surface area contributed by atoms with Gasteiger partial charge in [-0.25, -0.2) is 0 Å². The number of carbonyl (C=O) groups is 1. The lowest BCUT2D eigenvalue weighted by atomic mass is 10.1. The Kier molecular flexibility index (Phi) is 7.44. The molecular formula is C23H25NO3. The Morgan fingerprint density at radius 2 is 1.41 bits per heavy atom. The fraction of sp³-hybridized carbons (Fsp3) is 0.174. The third-order valence-electron chi connectivity index (χ3n) is 4.00. The van der Waals surface area contributed by atoms with Crippen LogP contribution in [-0.4, -0.2) is 22.0 Å². The molecule has 4 nitrogen and oxygen atoms in total. The minimum atomic E-state index is -0.135. The molecule has 0 saturated heterocycles. The number of carbonyl (C=O) groups excluding carboxylic acids is 1. The first-order chi connectivity index (χ1) is 13.0. The highest BCUT2D eigenvalue weighted by Gasteiger charge is 2.02. The Morgan fingerprint density at radius 3 is 1.89 bits per heavy atom. The van der Waals surface area contributed by atoms with Gasteiger partial charge in [0, 0.05) is 17.8 Å². The molecule has 4 heteroatoms. The van der Waals surface area contributed by atoms with E-state index < -0.39 is 0 Å². The molecule has 0 aliphatic carbocycles. The number of benzene rings is 2. The summed E-state index contributed by atoms with van der Waals surface area (Å²) in [5.41, 5.74) is 2.49. The van der Waals surface area contributed by atoms with Crippen LogP contribution < -0.4 is 5.32 Å². The maximum absolute atomic E-state index is 12.3. The van der Waals surface area contributed by atoms with Crippen molar-refractivity contribution in [2.45, 2.75) is 26.3 Å².